The highest BCUT2D eigenvalue weighted by Gasteiger charge is 2.39. The van der Waals surface area contributed by atoms with Crippen molar-refractivity contribution in [1.82, 2.24) is 19.5 Å². The Hall–Kier alpha value is -4.41. The largest absolute Gasteiger partial charge is 0.478 e. The van der Waals surface area contributed by atoms with Crippen LogP contribution in [0.2, 0.25) is 5.02 Å². The van der Waals surface area contributed by atoms with Crippen molar-refractivity contribution < 1.29 is 28.2 Å². The number of halogens is 3. The fraction of sp³-hybridized carbons (Fsp3) is 0.273. The maximum absolute atomic E-state index is 15.8. The Morgan fingerprint density at radius 2 is 1.89 bits per heavy atom. The standard InChI is InChI=1S/C33H29ClF2N4O4/c1-18-10-21(12-30-38-27-7-5-19(31(41)42)11-28(27)40(30)29-16-43-17-33(29,2)3)25(36)14-23(18)26-8-9-37-32(39-26)44-15-20-4-6-22(34)13-24(20)35/h4-11,13-14,29H,12,15-17H2,1-3H3,(H,41,42)/t29-/m1/s1. The van der Waals surface area contributed by atoms with Gasteiger partial charge in [0.1, 0.15) is 24.1 Å². The molecule has 2 aromatic heterocycles. The first-order chi connectivity index (χ1) is 21.0. The lowest BCUT2D eigenvalue weighted by molar-refractivity contribution is 0.0697. The Balaban J connectivity index is 1.31. The molecule has 44 heavy (non-hydrogen) atoms. The van der Waals surface area contributed by atoms with Gasteiger partial charge in [-0.25, -0.2) is 23.5 Å². The number of rotatable bonds is 8. The van der Waals surface area contributed by atoms with Crippen LogP contribution in [-0.4, -0.2) is 43.8 Å². The lowest BCUT2D eigenvalue weighted by Gasteiger charge is -2.28. The summed E-state index contributed by atoms with van der Waals surface area (Å²) in [7, 11) is 0. The molecule has 226 valence electrons. The van der Waals surface area contributed by atoms with Gasteiger partial charge in [-0.15, -0.1) is 0 Å². The molecule has 0 bridgehead atoms. The molecule has 1 atom stereocenters. The number of fused-ring (bicyclic) bond motifs is 1. The lowest BCUT2D eigenvalue weighted by Crippen LogP contribution is -2.27. The Morgan fingerprint density at radius 3 is 2.61 bits per heavy atom. The number of nitrogens with zero attached hydrogens (tertiary/aromatic N) is 4. The Kier molecular flexibility index (Phi) is 7.81. The maximum Gasteiger partial charge on any atom is 0.335 e. The van der Waals surface area contributed by atoms with Crippen molar-refractivity contribution in [2.45, 2.75) is 39.8 Å². The van der Waals surface area contributed by atoms with Gasteiger partial charge < -0.3 is 19.1 Å². The molecule has 11 heteroatoms. The normalized spacial score (nSPS) is 16.0. The molecule has 3 aromatic carbocycles. The van der Waals surface area contributed by atoms with Gasteiger partial charge in [0.15, 0.2) is 0 Å². The van der Waals surface area contributed by atoms with Crippen LogP contribution in [0.4, 0.5) is 8.78 Å². The monoisotopic (exact) mass is 618 g/mol. The van der Waals surface area contributed by atoms with Crippen LogP contribution in [-0.2, 0) is 17.8 Å². The van der Waals surface area contributed by atoms with E-state index in [0.29, 0.717) is 52.5 Å². The third-order valence-corrected chi connectivity index (χ3v) is 8.23. The quantitative estimate of drug-likeness (QED) is 0.196. The van der Waals surface area contributed by atoms with E-state index in [9.17, 15) is 14.3 Å². The van der Waals surface area contributed by atoms with Gasteiger partial charge in [0.2, 0.25) is 0 Å². The molecule has 0 saturated carbocycles. The first kappa shape index (κ1) is 29.7. The molecule has 1 aliphatic heterocycles. The fourth-order valence-corrected chi connectivity index (χ4v) is 5.75. The summed E-state index contributed by atoms with van der Waals surface area (Å²) in [6.07, 6.45) is 1.68. The number of imidazole rings is 1. The summed E-state index contributed by atoms with van der Waals surface area (Å²) in [5, 5.41) is 9.89. The van der Waals surface area contributed by atoms with Gasteiger partial charge in [0, 0.05) is 34.2 Å². The molecule has 0 unspecified atom stereocenters. The number of ether oxygens (including phenoxy) is 2. The molecule has 1 fully saturated rings. The fourth-order valence-electron chi connectivity index (χ4n) is 5.59. The Labute approximate surface area is 257 Å². The summed E-state index contributed by atoms with van der Waals surface area (Å²) in [5.41, 5.74) is 3.72. The van der Waals surface area contributed by atoms with Crippen LogP contribution < -0.4 is 4.74 Å². The van der Waals surface area contributed by atoms with Crippen LogP contribution >= 0.6 is 11.6 Å². The summed E-state index contributed by atoms with van der Waals surface area (Å²) in [6.45, 7) is 6.92. The molecule has 0 radical (unpaired) electrons. The van der Waals surface area contributed by atoms with Crippen molar-refractivity contribution in [1.29, 1.82) is 0 Å². The lowest BCUT2D eigenvalue weighted by atomic mass is 9.87. The zero-order chi connectivity index (χ0) is 31.2. The van der Waals surface area contributed by atoms with Gasteiger partial charge in [-0.1, -0.05) is 37.6 Å². The molecule has 0 aliphatic carbocycles. The second-order valence-corrected chi connectivity index (χ2v) is 12.0. The highest BCUT2D eigenvalue weighted by molar-refractivity contribution is 6.30. The van der Waals surface area contributed by atoms with Crippen LogP contribution in [0.5, 0.6) is 6.01 Å². The number of carbonyl (C=O) groups is 1. The zero-order valence-corrected chi connectivity index (χ0v) is 25.0. The molecule has 3 heterocycles. The Bertz CT molecular complexity index is 1910. The van der Waals surface area contributed by atoms with E-state index in [1.165, 1.54) is 30.5 Å². The molecule has 6 rings (SSSR count). The van der Waals surface area contributed by atoms with Gasteiger partial charge in [-0.2, -0.15) is 4.98 Å². The second kappa shape index (κ2) is 11.6. The summed E-state index contributed by atoms with van der Waals surface area (Å²) < 4.78 is 43.4. The van der Waals surface area contributed by atoms with Crippen molar-refractivity contribution in [3.8, 4) is 17.3 Å². The minimum Gasteiger partial charge on any atom is -0.478 e. The van der Waals surface area contributed by atoms with Gasteiger partial charge in [0.05, 0.1) is 41.5 Å². The third kappa shape index (κ3) is 5.75. The van der Waals surface area contributed by atoms with Crippen molar-refractivity contribution in [2.24, 2.45) is 5.41 Å². The average Bonchev–Trinajstić information content (AvgIpc) is 3.51. The molecule has 8 nitrogen and oxygen atoms in total. The van der Waals surface area contributed by atoms with Gasteiger partial charge >= 0.3 is 12.0 Å². The van der Waals surface area contributed by atoms with E-state index in [2.05, 4.69) is 23.8 Å². The van der Waals surface area contributed by atoms with Crippen molar-refractivity contribution >= 4 is 28.6 Å². The second-order valence-electron chi connectivity index (χ2n) is 11.6. The number of aryl methyl sites for hydroxylation is 1. The number of aromatic carboxylic acids is 1. The number of hydrogen-bond donors (Lipinski definition) is 1. The number of aromatic nitrogens is 4. The first-order valence-corrected chi connectivity index (χ1v) is 14.4. The van der Waals surface area contributed by atoms with Crippen molar-refractivity contribution in [3.05, 3.63) is 106 Å². The highest BCUT2D eigenvalue weighted by Crippen LogP contribution is 2.40. The number of benzene rings is 3. The zero-order valence-electron chi connectivity index (χ0n) is 24.3. The molecule has 0 spiro atoms. The first-order valence-electron chi connectivity index (χ1n) is 14.0. The SMILES string of the molecule is Cc1cc(Cc2nc3ccc(C(=O)O)cc3n2[C@@H]2COCC2(C)C)c(F)cc1-c1ccnc(OCc2ccc(Cl)cc2F)n1. The summed E-state index contributed by atoms with van der Waals surface area (Å²) in [4.78, 5) is 25.1. The van der Waals surface area contributed by atoms with Crippen LogP contribution in [0.3, 0.4) is 0 Å². The van der Waals surface area contributed by atoms with Crippen molar-refractivity contribution in [2.75, 3.05) is 13.2 Å². The number of carboxylic acid groups (broad SMARTS) is 1. The van der Waals surface area contributed by atoms with E-state index in [4.69, 9.17) is 26.1 Å². The predicted octanol–water partition coefficient (Wildman–Crippen LogP) is 7.20. The van der Waals surface area contributed by atoms with Crippen LogP contribution in [0.25, 0.3) is 22.3 Å². The van der Waals surface area contributed by atoms with E-state index in [-0.39, 0.29) is 41.1 Å². The molecule has 1 aliphatic rings. The minimum absolute atomic E-state index is 0.0246. The van der Waals surface area contributed by atoms with Crippen LogP contribution in [0, 0.1) is 24.0 Å². The highest BCUT2D eigenvalue weighted by atomic mass is 35.5. The smallest absolute Gasteiger partial charge is 0.335 e. The average molecular weight is 619 g/mol. The van der Waals surface area contributed by atoms with Crippen LogP contribution in [0.15, 0.2) is 60.8 Å². The Morgan fingerprint density at radius 1 is 1.09 bits per heavy atom. The van der Waals surface area contributed by atoms with E-state index < -0.39 is 17.6 Å². The predicted molar refractivity (Wildman–Crippen MR) is 161 cm³/mol. The topological polar surface area (TPSA) is 99.4 Å². The van der Waals surface area contributed by atoms with Gasteiger partial charge in [-0.3, -0.25) is 0 Å². The van der Waals surface area contributed by atoms with E-state index >= 15 is 4.39 Å². The van der Waals surface area contributed by atoms with E-state index in [1.54, 1.807) is 30.3 Å². The van der Waals surface area contributed by atoms with Gasteiger partial charge in [0.25, 0.3) is 0 Å². The van der Waals surface area contributed by atoms with Gasteiger partial charge in [-0.05, 0) is 60.5 Å². The van der Waals surface area contributed by atoms with E-state index in [1.807, 2.05) is 11.5 Å². The summed E-state index contributed by atoms with van der Waals surface area (Å²) in [6, 6.07) is 13.9. The molecule has 1 saturated heterocycles. The molecule has 1 N–H and O–H groups in total. The maximum atomic E-state index is 15.8. The minimum atomic E-state index is -1.03. The van der Waals surface area contributed by atoms with E-state index in [0.717, 1.165) is 5.56 Å². The molecule has 5 aromatic rings. The third-order valence-electron chi connectivity index (χ3n) is 8.00. The summed E-state index contributed by atoms with van der Waals surface area (Å²) >= 11 is 5.82. The number of carboxylic acids is 1. The summed E-state index contributed by atoms with van der Waals surface area (Å²) in [5.74, 6) is -1.36. The molecular formula is C33H29ClF2N4O4. The molecular weight excluding hydrogens is 590 g/mol. The van der Waals surface area contributed by atoms with Crippen molar-refractivity contribution in [3.63, 3.8) is 0 Å². The van der Waals surface area contributed by atoms with Crippen LogP contribution in [0.1, 0.15) is 52.8 Å². The number of hydrogen-bond acceptors (Lipinski definition) is 6. The molecule has 0 amide bonds.